The number of allylic oxidation sites excluding steroid dienone is 1. The number of nitrogens with one attached hydrogen (secondary N) is 1. The molecule has 0 heterocycles. The molecule has 0 radical (unpaired) electrons. The quantitative estimate of drug-likeness (QED) is 0.0332. The van der Waals surface area contributed by atoms with Gasteiger partial charge in [-0.2, -0.15) is 0 Å². The van der Waals surface area contributed by atoms with Gasteiger partial charge in [-0.05, 0) is 32.1 Å². The van der Waals surface area contributed by atoms with Crippen molar-refractivity contribution in [3.05, 3.63) is 12.2 Å². The SMILES string of the molecule is CCCCCCCCCCCC/C=C/C(O)C(CO)NC(=O)CCCCCCCCCCCCCOC(=O)CCCCCCCCCCCCC. The van der Waals surface area contributed by atoms with E-state index in [2.05, 4.69) is 19.2 Å². The standard InChI is InChI=1S/C45H87NO5/c1-3-5-7-9-11-13-15-18-21-25-29-33-37-43(48)42(41-47)46-44(49)38-34-30-26-22-19-16-20-24-28-32-36-40-51-45(50)39-35-31-27-23-17-14-12-10-8-6-4-2/h33,37,42-43,47-48H,3-32,34-36,38-41H2,1-2H3,(H,46,49)/b37-33+. The van der Waals surface area contributed by atoms with Crippen LogP contribution in [0.15, 0.2) is 12.2 Å². The number of aliphatic hydroxyl groups excluding tert-OH is 2. The van der Waals surface area contributed by atoms with E-state index in [0.29, 0.717) is 19.4 Å². The molecule has 0 aliphatic rings. The zero-order valence-corrected chi connectivity index (χ0v) is 34.1. The summed E-state index contributed by atoms with van der Waals surface area (Å²) in [7, 11) is 0. The van der Waals surface area contributed by atoms with Gasteiger partial charge in [-0.15, -0.1) is 0 Å². The summed E-state index contributed by atoms with van der Waals surface area (Å²) in [6, 6.07) is -0.638. The summed E-state index contributed by atoms with van der Waals surface area (Å²) in [5.41, 5.74) is 0. The van der Waals surface area contributed by atoms with E-state index in [1.54, 1.807) is 6.08 Å². The maximum atomic E-state index is 12.4. The Kier molecular flexibility index (Phi) is 40.2. The van der Waals surface area contributed by atoms with E-state index >= 15 is 0 Å². The molecule has 0 rings (SSSR count). The second-order valence-corrected chi connectivity index (χ2v) is 15.4. The first kappa shape index (κ1) is 49.6. The first-order chi connectivity index (χ1) is 25.0. The van der Waals surface area contributed by atoms with Crippen molar-refractivity contribution in [3.8, 4) is 0 Å². The van der Waals surface area contributed by atoms with Crippen LogP contribution in [-0.4, -0.2) is 47.4 Å². The molecule has 0 aromatic carbocycles. The van der Waals surface area contributed by atoms with Gasteiger partial charge in [0, 0.05) is 12.8 Å². The number of hydrogen-bond acceptors (Lipinski definition) is 5. The van der Waals surface area contributed by atoms with Crippen molar-refractivity contribution in [2.24, 2.45) is 0 Å². The number of hydrogen-bond donors (Lipinski definition) is 3. The van der Waals surface area contributed by atoms with Gasteiger partial charge in [0.25, 0.3) is 0 Å². The third-order valence-corrected chi connectivity index (χ3v) is 10.3. The number of unbranched alkanes of at least 4 members (excludes halogenated alkanes) is 30. The van der Waals surface area contributed by atoms with Crippen LogP contribution in [-0.2, 0) is 14.3 Å². The van der Waals surface area contributed by atoms with Crippen molar-refractivity contribution in [2.45, 2.75) is 251 Å². The summed E-state index contributed by atoms with van der Waals surface area (Å²) >= 11 is 0. The lowest BCUT2D eigenvalue weighted by Gasteiger charge is -2.20. The van der Waals surface area contributed by atoms with Crippen LogP contribution in [0, 0.1) is 0 Å². The predicted molar refractivity (Wildman–Crippen MR) is 218 cm³/mol. The predicted octanol–water partition coefficient (Wildman–Crippen LogP) is 12.6. The van der Waals surface area contributed by atoms with Gasteiger partial charge in [0.05, 0.1) is 25.4 Å². The van der Waals surface area contributed by atoms with Crippen LogP contribution < -0.4 is 5.32 Å². The number of carbonyl (C=O) groups is 2. The summed E-state index contributed by atoms with van der Waals surface area (Å²) in [4.78, 5) is 24.3. The summed E-state index contributed by atoms with van der Waals surface area (Å²) in [6.07, 6.45) is 44.7. The second kappa shape index (κ2) is 41.4. The van der Waals surface area contributed by atoms with Crippen LogP contribution in [0.3, 0.4) is 0 Å². The van der Waals surface area contributed by atoms with Gasteiger partial charge in [-0.25, -0.2) is 0 Å². The average Bonchev–Trinajstić information content (AvgIpc) is 3.13. The lowest BCUT2D eigenvalue weighted by Crippen LogP contribution is -2.45. The third kappa shape index (κ3) is 38.1. The van der Waals surface area contributed by atoms with Crippen molar-refractivity contribution >= 4 is 11.9 Å². The molecule has 2 unspecified atom stereocenters. The molecule has 0 aromatic heterocycles. The molecule has 0 saturated carbocycles. The van der Waals surface area contributed by atoms with Crippen LogP contribution in [0.5, 0.6) is 0 Å². The molecule has 0 bridgehead atoms. The minimum Gasteiger partial charge on any atom is -0.466 e. The molecule has 0 spiro atoms. The Morgan fingerprint density at radius 3 is 1.33 bits per heavy atom. The number of rotatable bonds is 41. The fourth-order valence-electron chi connectivity index (χ4n) is 6.81. The highest BCUT2D eigenvalue weighted by Gasteiger charge is 2.18. The second-order valence-electron chi connectivity index (χ2n) is 15.4. The van der Waals surface area contributed by atoms with E-state index in [9.17, 15) is 19.8 Å². The first-order valence-corrected chi connectivity index (χ1v) is 22.5. The number of ether oxygens (including phenoxy) is 1. The maximum Gasteiger partial charge on any atom is 0.305 e. The summed E-state index contributed by atoms with van der Waals surface area (Å²) in [5, 5.41) is 22.9. The topological polar surface area (TPSA) is 95.9 Å². The van der Waals surface area contributed by atoms with E-state index in [0.717, 1.165) is 57.8 Å². The van der Waals surface area contributed by atoms with Gasteiger partial charge < -0.3 is 20.3 Å². The number of esters is 1. The minimum atomic E-state index is -0.853. The molecule has 2 atom stereocenters. The molecule has 6 heteroatoms. The summed E-state index contributed by atoms with van der Waals surface area (Å²) < 4.78 is 5.43. The molecule has 51 heavy (non-hydrogen) atoms. The fraction of sp³-hybridized carbons (Fsp3) is 0.911. The molecule has 6 nitrogen and oxygen atoms in total. The number of carbonyl (C=O) groups excluding carboxylic acids is 2. The molecule has 0 aromatic rings. The Morgan fingerprint density at radius 2 is 0.902 bits per heavy atom. The van der Waals surface area contributed by atoms with Crippen molar-refractivity contribution in [1.29, 1.82) is 0 Å². The van der Waals surface area contributed by atoms with Crippen molar-refractivity contribution in [3.63, 3.8) is 0 Å². The van der Waals surface area contributed by atoms with Crippen LogP contribution in [0.1, 0.15) is 239 Å². The van der Waals surface area contributed by atoms with Crippen LogP contribution in [0.2, 0.25) is 0 Å². The normalized spacial score (nSPS) is 12.8. The zero-order chi connectivity index (χ0) is 37.3. The smallest absolute Gasteiger partial charge is 0.305 e. The Bertz CT molecular complexity index is 757. The molecule has 302 valence electrons. The fourth-order valence-corrected chi connectivity index (χ4v) is 6.81. The maximum absolute atomic E-state index is 12.4. The van der Waals surface area contributed by atoms with Gasteiger partial charge >= 0.3 is 5.97 Å². The highest BCUT2D eigenvalue weighted by Crippen LogP contribution is 2.15. The van der Waals surface area contributed by atoms with Gasteiger partial charge in [-0.1, -0.05) is 206 Å². The lowest BCUT2D eigenvalue weighted by atomic mass is 10.0. The zero-order valence-electron chi connectivity index (χ0n) is 34.1. The molecule has 0 aliphatic heterocycles. The Morgan fingerprint density at radius 1 is 0.529 bits per heavy atom. The molecule has 0 fully saturated rings. The van der Waals surface area contributed by atoms with Crippen molar-refractivity contribution in [2.75, 3.05) is 13.2 Å². The summed E-state index contributed by atoms with van der Waals surface area (Å²) in [6.45, 7) is 4.84. The first-order valence-electron chi connectivity index (χ1n) is 22.5. The molecule has 0 saturated heterocycles. The van der Waals surface area contributed by atoms with Gasteiger partial charge in [0.1, 0.15) is 0 Å². The average molecular weight is 722 g/mol. The van der Waals surface area contributed by atoms with E-state index in [4.69, 9.17) is 4.74 Å². The van der Waals surface area contributed by atoms with Crippen LogP contribution >= 0.6 is 0 Å². The van der Waals surface area contributed by atoms with Gasteiger partial charge in [-0.3, -0.25) is 9.59 Å². The monoisotopic (exact) mass is 722 g/mol. The highest BCUT2D eigenvalue weighted by atomic mass is 16.5. The molecular formula is C45H87NO5. The minimum absolute atomic E-state index is 0.0163. The molecule has 3 N–H and O–H groups in total. The summed E-state index contributed by atoms with van der Waals surface area (Å²) in [5.74, 6) is -0.104. The van der Waals surface area contributed by atoms with E-state index in [1.165, 1.54) is 154 Å². The number of aliphatic hydroxyl groups is 2. The Balaban J connectivity index is 3.51. The van der Waals surface area contributed by atoms with Crippen molar-refractivity contribution < 1.29 is 24.5 Å². The molecular weight excluding hydrogens is 634 g/mol. The van der Waals surface area contributed by atoms with Gasteiger partial charge in [0.2, 0.25) is 5.91 Å². The van der Waals surface area contributed by atoms with Crippen LogP contribution in [0.25, 0.3) is 0 Å². The largest absolute Gasteiger partial charge is 0.466 e. The third-order valence-electron chi connectivity index (χ3n) is 10.3. The Labute approximate surface area is 317 Å². The molecule has 1 amide bonds. The van der Waals surface area contributed by atoms with Gasteiger partial charge in [0.15, 0.2) is 0 Å². The van der Waals surface area contributed by atoms with E-state index in [-0.39, 0.29) is 18.5 Å². The van der Waals surface area contributed by atoms with Crippen molar-refractivity contribution in [1.82, 2.24) is 5.32 Å². The highest BCUT2D eigenvalue weighted by molar-refractivity contribution is 5.76. The van der Waals surface area contributed by atoms with E-state index in [1.807, 2.05) is 6.08 Å². The number of amides is 1. The Hall–Kier alpha value is -1.40. The van der Waals surface area contributed by atoms with E-state index < -0.39 is 12.1 Å². The molecule has 0 aliphatic carbocycles. The lowest BCUT2D eigenvalue weighted by molar-refractivity contribution is -0.143. The van der Waals surface area contributed by atoms with Crippen LogP contribution in [0.4, 0.5) is 0 Å².